The Balaban J connectivity index is 1.71. The van der Waals surface area contributed by atoms with Gasteiger partial charge in [0.2, 0.25) is 0 Å². The highest BCUT2D eigenvalue weighted by atomic mass is 32.1. The minimum Gasteiger partial charge on any atom is -0.497 e. The van der Waals surface area contributed by atoms with E-state index in [1.807, 2.05) is 0 Å². The molecular weight excluding hydrogens is 352 g/mol. The van der Waals surface area contributed by atoms with Gasteiger partial charge in [-0.15, -0.1) is 0 Å². The van der Waals surface area contributed by atoms with E-state index in [0.29, 0.717) is 23.6 Å². The lowest BCUT2D eigenvalue weighted by molar-refractivity contribution is 0.0163. The Morgan fingerprint density at radius 1 is 1.23 bits per heavy atom. The molecule has 1 N–H and O–H groups in total. The van der Waals surface area contributed by atoms with Gasteiger partial charge in [0, 0.05) is 31.3 Å². The van der Waals surface area contributed by atoms with E-state index in [-0.39, 0.29) is 11.9 Å². The van der Waals surface area contributed by atoms with Crippen LogP contribution in [0.4, 0.5) is 0 Å². The van der Waals surface area contributed by atoms with E-state index in [2.05, 4.69) is 27.0 Å². The predicted octanol–water partition coefficient (Wildman–Crippen LogP) is 2.57. The lowest BCUT2D eigenvalue weighted by atomic mass is 10.1. The van der Waals surface area contributed by atoms with Gasteiger partial charge in [-0.2, -0.15) is 11.3 Å². The van der Waals surface area contributed by atoms with Crippen molar-refractivity contribution in [2.45, 2.75) is 6.04 Å². The first kappa shape index (κ1) is 18.7. The number of nitrogens with zero attached hydrogens (tertiary/aromatic N) is 1. The average molecular weight is 376 g/mol. The van der Waals surface area contributed by atoms with Crippen LogP contribution in [0, 0.1) is 0 Å². The Morgan fingerprint density at radius 2 is 1.92 bits per heavy atom. The summed E-state index contributed by atoms with van der Waals surface area (Å²) in [6, 6.07) is 7.43. The molecule has 0 unspecified atom stereocenters. The van der Waals surface area contributed by atoms with Gasteiger partial charge in [-0.1, -0.05) is 0 Å². The minimum absolute atomic E-state index is 0.140. The summed E-state index contributed by atoms with van der Waals surface area (Å²) in [5.41, 5.74) is 1.74. The summed E-state index contributed by atoms with van der Waals surface area (Å²) in [5, 5.41) is 7.27. The summed E-state index contributed by atoms with van der Waals surface area (Å²) < 4.78 is 16.0. The van der Waals surface area contributed by atoms with Gasteiger partial charge < -0.3 is 19.5 Å². The van der Waals surface area contributed by atoms with Crippen LogP contribution in [0.25, 0.3) is 0 Å². The van der Waals surface area contributed by atoms with Crippen LogP contribution in [-0.2, 0) is 4.74 Å². The first-order valence-electron chi connectivity index (χ1n) is 8.56. The van der Waals surface area contributed by atoms with Crippen molar-refractivity contribution >= 4 is 17.2 Å². The minimum atomic E-state index is -0.143. The molecule has 1 saturated heterocycles. The first-order valence-corrected chi connectivity index (χ1v) is 9.50. The van der Waals surface area contributed by atoms with Crippen molar-refractivity contribution in [2.24, 2.45) is 0 Å². The summed E-state index contributed by atoms with van der Waals surface area (Å²) in [6.45, 7) is 3.71. The number of amides is 1. The molecule has 1 aliphatic rings. The number of hydrogen-bond donors (Lipinski definition) is 1. The van der Waals surface area contributed by atoms with Gasteiger partial charge in [-0.05, 0) is 34.5 Å². The Labute approximate surface area is 157 Å². The van der Waals surface area contributed by atoms with Crippen LogP contribution in [0.1, 0.15) is 22.0 Å². The molecule has 1 atom stereocenters. The van der Waals surface area contributed by atoms with Gasteiger partial charge in [0.15, 0.2) is 0 Å². The van der Waals surface area contributed by atoms with E-state index in [1.165, 1.54) is 5.56 Å². The molecule has 2 heterocycles. The SMILES string of the molecule is COc1cc(OC)cc(C(=O)NC[C@@H](c2ccsc2)N2CCOCC2)c1. The molecule has 0 spiro atoms. The lowest BCUT2D eigenvalue weighted by Crippen LogP contribution is -2.43. The van der Waals surface area contributed by atoms with Gasteiger partial charge in [-0.3, -0.25) is 9.69 Å². The van der Waals surface area contributed by atoms with Crippen LogP contribution in [0.3, 0.4) is 0 Å². The summed E-state index contributed by atoms with van der Waals surface area (Å²) in [4.78, 5) is 15.0. The fourth-order valence-corrected chi connectivity index (χ4v) is 3.75. The monoisotopic (exact) mass is 376 g/mol. The van der Waals surface area contributed by atoms with E-state index in [9.17, 15) is 4.79 Å². The van der Waals surface area contributed by atoms with Crippen molar-refractivity contribution in [3.63, 3.8) is 0 Å². The zero-order valence-electron chi connectivity index (χ0n) is 15.1. The molecule has 1 amide bonds. The van der Waals surface area contributed by atoms with E-state index in [0.717, 1.165) is 26.3 Å². The molecule has 1 aliphatic heterocycles. The molecule has 0 saturated carbocycles. The van der Waals surface area contributed by atoms with Crippen LogP contribution >= 0.6 is 11.3 Å². The molecule has 2 aromatic rings. The highest BCUT2D eigenvalue weighted by Crippen LogP contribution is 2.25. The van der Waals surface area contributed by atoms with E-state index in [1.54, 1.807) is 43.8 Å². The van der Waals surface area contributed by atoms with E-state index < -0.39 is 0 Å². The van der Waals surface area contributed by atoms with Crippen molar-refractivity contribution in [1.82, 2.24) is 10.2 Å². The van der Waals surface area contributed by atoms with Crippen LogP contribution in [0.15, 0.2) is 35.0 Å². The molecule has 0 bridgehead atoms. The maximum absolute atomic E-state index is 12.7. The topological polar surface area (TPSA) is 60.0 Å². The largest absolute Gasteiger partial charge is 0.497 e. The highest BCUT2D eigenvalue weighted by Gasteiger charge is 2.24. The van der Waals surface area contributed by atoms with E-state index >= 15 is 0 Å². The van der Waals surface area contributed by atoms with Crippen molar-refractivity contribution < 1.29 is 19.0 Å². The normalized spacial score (nSPS) is 16.1. The second kappa shape index (κ2) is 9.02. The summed E-state index contributed by atoms with van der Waals surface area (Å²) in [7, 11) is 3.14. The van der Waals surface area contributed by atoms with Crippen molar-refractivity contribution in [2.75, 3.05) is 47.1 Å². The van der Waals surface area contributed by atoms with Gasteiger partial charge in [0.05, 0.1) is 33.5 Å². The third-order valence-corrected chi connectivity index (χ3v) is 5.19. The fraction of sp³-hybridized carbons (Fsp3) is 0.421. The quantitative estimate of drug-likeness (QED) is 0.805. The van der Waals surface area contributed by atoms with Crippen LogP contribution in [0.2, 0.25) is 0 Å². The van der Waals surface area contributed by atoms with Crippen molar-refractivity contribution in [3.8, 4) is 11.5 Å². The third kappa shape index (κ3) is 4.55. The van der Waals surface area contributed by atoms with Crippen molar-refractivity contribution in [3.05, 3.63) is 46.2 Å². The van der Waals surface area contributed by atoms with Gasteiger partial charge >= 0.3 is 0 Å². The molecule has 7 heteroatoms. The van der Waals surface area contributed by atoms with Crippen molar-refractivity contribution in [1.29, 1.82) is 0 Å². The number of rotatable bonds is 7. The Morgan fingerprint density at radius 3 is 2.50 bits per heavy atom. The standard InChI is InChI=1S/C19H24N2O4S/c1-23-16-9-15(10-17(11-16)24-2)19(22)20-12-18(14-3-8-26-13-14)21-4-6-25-7-5-21/h3,8-11,13,18H,4-7,12H2,1-2H3,(H,20,22)/t18-/m0/s1. The number of morpholine rings is 1. The number of nitrogens with one attached hydrogen (secondary N) is 1. The summed E-state index contributed by atoms with van der Waals surface area (Å²) >= 11 is 1.67. The molecule has 1 aromatic carbocycles. The van der Waals surface area contributed by atoms with Crippen LogP contribution in [-0.4, -0.2) is 57.9 Å². The Bertz CT molecular complexity index is 692. The first-order chi connectivity index (χ1) is 12.7. The van der Waals surface area contributed by atoms with Gasteiger partial charge in [-0.25, -0.2) is 0 Å². The second-order valence-corrected chi connectivity index (χ2v) is 6.81. The lowest BCUT2D eigenvalue weighted by Gasteiger charge is -2.34. The number of methoxy groups -OCH3 is 2. The number of carbonyl (C=O) groups excluding carboxylic acids is 1. The van der Waals surface area contributed by atoms with E-state index in [4.69, 9.17) is 14.2 Å². The summed E-state index contributed by atoms with van der Waals surface area (Å²) in [5.74, 6) is 1.05. The van der Waals surface area contributed by atoms with Crippen LogP contribution < -0.4 is 14.8 Å². The molecule has 26 heavy (non-hydrogen) atoms. The second-order valence-electron chi connectivity index (χ2n) is 6.03. The number of thiophene rings is 1. The molecule has 3 rings (SSSR count). The molecule has 6 nitrogen and oxygen atoms in total. The maximum Gasteiger partial charge on any atom is 0.251 e. The Kier molecular flexibility index (Phi) is 6.49. The number of ether oxygens (including phenoxy) is 3. The number of benzene rings is 1. The van der Waals surface area contributed by atoms with Gasteiger partial charge in [0.1, 0.15) is 11.5 Å². The maximum atomic E-state index is 12.7. The molecular formula is C19H24N2O4S. The predicted molar refractivity (Wildman–Crippen MR) is 101 cm³/mol. The van der Waals surface area contributed by atoms with Gasteiger partial charge in [0.25, 0.3) is 5.91 Å². The number of hydrogen-bond acceptors (Lipinski definition) is 6. The Hall–Kier alpha value is -2.09. The fourth-order valence-electron chi connectivity index (χ4n) is 3.04. The molecule has 1 fully saturated rings. The zero-order valence-corrected chi connectivity index (χ0v) is 15.9. The molecule has 0 radical (unpaired) electrons. The average Bonchev–Trinajstić information content (AvgIpc) is 3.22. The molecule has 1 aromatic heterocycles. The smallest absolute Gasteiger partial charge is 0.251 e. The third-order valence-electron chi connectivity index (χ3n) is 4.48. The molecule has 140 valence electrons. The van der Waals surface area contributed by atoms with Crippen LogP contribution in [0.5, 0.6) is 11.5 Å². The highest BCUT2D eigenvalue weighted by molar-refractivity contribution is 7.07. The summed E-state index contributed by atoms with van der Waals surface area (Å²) in [6.07, 6.45) is 0. The number of carbonyl (C=O) groups is 1. The zero-order chi connectivity index (χ0) is 18.4. The molecule has 0 aliphatic carbocycles.